The molecule has 0 bridgehead atoms. The highest BCUT2D eigenvalue weighted by molar-refractivity contribution is 6.13. The highest BCUT2D eigenvalue weighted by Gasteiger charge is 2.32. The second kappa shape index (κ2) is 4.58. The molecule has 1 aromatic carbocycles. The van der Waals surface area contributed by atoms with Gasteiger partial charge in [-0.3, -0.25) is 19.3 Å². The summed E-state index contributed by atoms with van der Waals surface area (Å²) in [5.41, 5.74) is 6.25. The molecule has 3 N–H and O–H groups in total. The maximum atomic E-state index is 12.0. The summed E-state index contributed by atoms with van der Waals surface area (Å²) in [7, 11) is 0. The number of carboxylic acid groups (broad SMARTS) is 1. The quantitative estimate of drug-likeness (QED) is 0.768. The van der Waals surface area contributed by atoms with E-state index in [1.807, 2.05) is 0 Å². The summed E-state index contributed by atoms with van der Waals surface area (Å²) in [4.78, 5) is 35.7. The zero-order valence-electron chi connectivity index (χ0n) is 9.50. The van der Waals surface area contributed by atoms with Crippen LogP contribution in [0.25, 0.3) is 0 Å². The number of carboxylic acids is 1. The summed E-state index contributed by atoms with van der Waals surface area (Å²) >= 11 is 0. The smallest absolute Gasteiger partial charge is 0.323 e. The minimum Gasteiger partial charge on any atom is -0.480 e. The Balaban J connectivity index is 2.53. The van der Waals surface area contributed by atoms with Gasteiger partial charge in [0, 0.05) is 12.0 Å². The third-order valence-corrected chi connectivity index (χ3v) is 2.78. The van der Waals surface area contributed by atoms with Crippen molar-refractivity contribution in [2.45, 2.75) is 12.5 Å². The first-order chi connectivity index (χ1) is 8.50. The van der Waals surface area contributed by atoms with Crippen molar-refractivity contribution in [1.82, 2.24) is 0 Å². The second-order valence-corrected chi connectivity index (χ2v) is 4.07. The molecule has 1 heterocycles. The Morgan fingerprint density at radius 3 is 2.72 bits per heavy atom. The topological polar surface area (TPSA) is 101 Å². The molecule has 1 aromatic rings. The van der Waals surface area contributed by atoms with Gasteiger partial charge >= 0.3 is 5.97 Å². The Bertz CT molecular complexity index is 527. The highest BCUT2D eigenvalue weighted by atomic mass is 16.4. The Morgan fingerprint density at radius 1 is 1.39 bits per heavy atom. The molecule has 1 atom stereocenters. The lowest BCUT2D eigenvalue weighted by molar-refractivity contribution is -0.136. The maximum Gasteiger partial charge on any atom is 0.323 e. The van der Waals surface area contributed by atoms with Crippen LogP contribution in [0, 0.1) is 0 Å². The Hall–Kier alpha value is -2.21. The molecule has 1 aliphatic rings. The minimum absolute atomic E-state index is 0.105. The number of anilines is 1. The number of carbonyl (C=O) groups excluding carboxylic acids is 2. The summed E-state index contributed by atoms with van der Waals surface area (Å²) in [6, 6.07) is 5.43. The highest BCUT2D eigenvalue weighted by Crippen LogP contribution is 2.26. The van der Waals surface area contributed by atoms with Crippen molar-refractivity contribution in [2.75, 3.05) is 11.4 Å². The fourth-order valence-electron chi connectivity index (χ4n) is 1.96. The molecule has 6 nitrogen and oxygen atoms in total. The molecule has 18 heavy (non-hydrogen) atoms. The van der Waals surface area contributed by atoms with Crippen molar-refractivity contribution in [3.05, 3.63) is 29.8 Å². The van der Waals surface area contributed by atoms with Gasteiger partial charge in [-0.25, -0.2) is 0 Å². The summed E-state index contributed by atoms with van der Waals surface area (Å²) in [5, 5.41) is 8.83. The molecular weight excluding hydrogens is 236 g/mol. The number of hydrogen-bond donors (Lipinski definition) is 2. The molecule has 1 aliphatic heterocycles. The van der Waals surface area contributed by atoms with E-state index in [0.717, 1.165) is 4.90 Å². The van der Waals surface area contributed by atoms with Gasteiger partial charge in [0.15, 0.2) is 5.78 Å². The predicted molar refractivity (Wildman–Crippen MR) is 63.4 cm³/mol. The van der Waals surface area contributed by atoms with Gasteiger partial charge in [0.1, 0.15) is 6.54 Å². The average molecular weight is 248 g/mol. The third-order valence-electron chi connectivity index (χ3n) is 2.78. The summed E-state index contributed by atoms with van der Waals surface area (Å²) in [6.45, 7) is -0.503. The van der Waals surface area contributed by atoms with Crippen LogP contribution in [0.5, 0.6) is 0 Å². The zero-order chi connectivity index (χ0) is 13.3. The molecule has 0 unspecified atom stereocenters. The van der Waals surface area contributed by atoms with Crippen LogP contribution >= 0.6 is 0 Å². The lowest BCUT2D eigenvalue weighted by atomic mass is 10.1. The van der Waals surface area contributed by atoms with Crippen molar-refractivity contribution in [2.24, 2.45) is 5.73 Å². The lowest BCUT2D eigenvalue weighted by Gasteiger charge is -2.22. The Labute approximate surface area is 103 Å². The van der Waals surface area contributed by atoms with Gasteiger partial charge in [0.05, 0.1) is 11.7 Å². The van der Waals surface area contributed by atoms with Crippen LogP contribution < -0.4 is 10.6 Å². The summed E-state index contributed by atoms with van der Waals surface area (Å²) in [5.74, 6) is -1.95. The van der Waals surface area contributed by atoms with E-state index in [-0.39, 0.29) is 12.2 Å². The molecule has 0 aliphatic carbocycles. The first kappa shape index (κ1) is 12.3. The number of nitrogens with two attached hydrogens (primary N) is 1. The standard InChI is InChI=1S/C12H12N2O4/c13-8-5-10(15)7-3-1-2-4-9(7)14(12(8)18)6-11(16)17/h1-4,8H,5-6,13H2,(H,16,17)/t8-/m0/s1. The van der Waals surface area contributed by atoms with Gasteiger partial charge in [-0.05, 0) is 12.1 Å². The maximum absolute atomic E-state index is 12.0. The molecule has 0 radical (unpaired) electrons. The molecule has 0 spiro atoms. The fraction of sp³-hybridized carbons (Fsp3) is 0.250. The van der Waals surface area contributed by atoms with Gasteiger partial charge in [-0.2, -0.15) is 0 Å². The van der Waals surface area contributed by atoms with Crippen LogP contribution in [0.15, 0.2) is 24.3 Å². The average Bonchev–Trinajstić information content (AvgIpc) is 2.41. The number of nitrogens with zero attached hydrogens (tertiary/aromatic N) is 1. The number of rotatable bonds is 2. The van der Waals surface area contributed by atoms with E-state index in [1.54, 1.807) is 24.3 Å². The molecule has 1 amide bonds. The minimum atomic E-state index is -1.15. The lowest BCUT2D eigenvalue weighted by Crippen LogP contribution is -2.45. The molecule has 0 saturated heterocycles. The number of fused-ring (bicyclic) bond motifs is 1. The largest absolute Gasteiger partial charge is 0.480 e. The number of benzene rings is 1. The normalized spacial score (nSPS) is 19.4. The molecule has 0 fully saturated rings. The molecular formula is C12H12N2O4. The molecule has 0 saturated carbocycles. The van der Waals surface area contributed by atoms with Crippen molar-refractivity contribution < 1.29 is 19.5 Å². The van der Waals surface area contributed by atoms with Crippen molar-refractivity contribution in [3.8, 4) is 0 Å². The van der Waals surface area contributed by atoms with Crippen molar-refractivity contribution in [1.29, 1.82) is 0 Å². The number of ketones is 1. The molecule has 2 rings (SSSR count). The van der Waals surface area contributed by atoms with Gasteiger partial charge < -0.3 is 10.8 Å². The molecule has 6 heteroatoms. The van der Waals surface area contributed by atoms with Gasteiger partial charge in [0.2, 0.25) is 5.91 Å². The van der Waals surface area contributed by atoms with Crippen LogP contribution in [0.1, 0.15) is 16.8 Å². The van der Waals surface area contributed by atoms with Crippen molar-refractivity contribution >= 4 is 23.3 Å². The third kappa shape index (κ3) is 2.10. The summed E-state index contributed by atoms with van der Waals surface area (Å²) < 4.78 is 0. The number of para-hydroxylation sites is 1. The van der Waals surface area contributed by atoms with Gasteiger partial charge in [-0.1, -0.05) is 12.1 Å². The predicted octanol–water partition coefficient (Wildman–Crippen LogP) is 0.0179. The van der Waals surface area contributed by atoms with E-state index >= 15 is 0 Å². The second-order valence-electron chi connectivity index (χ2n) is 4.07. The zero-order valence-corrected chi connectivity index (χ0v) is 9.50. The summed E-state index contributed by atoms with van der Waals surface area (Å²) in [6.07, 6.45) is -0.105. The SMILES string of the molecule is N[C@H]1CC(=O)c2ccccc2N(CC(=O)O)C1=O. The fourth-order valence-corrected chi connectivity index (χ4v) is 1.96. The number of hydrogen-bond acceptors (Lipinski definition) is 4. The van der Waals surface area contributed by atoms with E-state index in [4.69, 9.17) is 10.8 Å². The van der Waals surface area contributed by atoms with E-state index in [1.165, 1.54) is 0 Å². The van der Waals surface area contributed by atoms with E-state index in [9.17, 15) is 14.4 Å². The molecule has 0 aromatic heterocycles. The van der Waals surface area contributed by atoms with Crippen LogP contribution in [0.2, 0.25) is 0 Å². The first-order valence-electron chi connectivity index (χ1n) is 5.41. The monoisotopic (exact) mass is 248 g/mol. The van der Waals surface area contributed by atoms with E-state index in [2.05, 4.69) is 0 Å². The number of carbonyl (C=O) groups is 3. The number of aliphatic carboxylic acids is 1. The molecule has 94 valence electrons. The van der Waals surface area contributed by atoms with E-state index in [0.29, 0.717) is 11.3 Å². The van der Waals surface area contributed by atoms with Crippen LogP contribution in [0.4, 0.5) is 5.69 Å². The number of Topliss-reactive ketones (excluding diaryl/α,β-unsaturated/α-hetero) is 1. The van der Waals surface area contributed by atoms with E-state index < -0.39 is 24.5 Å². The number of amides is 1. The van der Waals surface area contributed by atoms with Crippen LogP contribution in [-0.4, -0.2) is 35.4 Å². The van der Waals surface area contributed by atoms with Gasteiger partial charge in [0.25, 0.3) is 0 Å². The van der Waals surface area contributed by atoms with Crippen molar-refractivity contribution in [3.63, 3.8) is 0 Å². The van der Waals surface area contributed by atoms with Crippen LogP contribution in [-0.2, 0) is 9.59 Å². The van der Waals surface area contributed by atoms with Crippen LogP contribution in [0.3, 0.4) is 0 Å². The first-order valence-corrected chi connectivity index (χ1v) is 5.41. The van der Waals surface area contributed by atoms with Gasteiger partial charge in [-0.15, -0.1) is 0 Å². The Morgan fingerprint density at radius 2 is 2.06 bits per heavy atom. The Kier molecular flexibility index (Phi) is 3.12.